The first kappa shape index (κ1) is 13.5. The SMILES string of the molecule is CCC1NC(=O)C(C(C)C)N(c2cncnc2)C1=O. The molecule has 0 aliphatic carbocycles. The lowest BCUT2D eigenvalue weighted by Gasteiger charge is -2.40. The second-order valence-electron chi connectivity index (χ2n) is 4.96. The van der Waals surface area contributed by atoms with E-state index >= 15 is 0 Å². The van der Waals surface area contributed by atoms with Crippen molar-refractivity contribution in [1.29, 1.82) is 0 Å². The average Bonchev–Trinajstić information content (AvgIpc) is 2.41. The van der Waals surface area contributed by atoms with Crippen LogP contribution in [0.5, 0.6) is 0 Å². The van der Waals surface area contributed by atoms with E-state index in [4.69, 9.17) is 0 Å². The Morgan fingerprint density at radius 1 is 1.32 bits per heavy atom. The Morgan fingerprint density at radius 2 is 1.95 bits per heavy atom. The van der Waals surface area contributed by atoms with E-state index in [0.29, 0.717) is 12.1 Å². The molecular weight excluding hydrogens is 244 g/mol. The van der Waals surface area contributed by atoms with Gasteiger partial charge in [0.2, 0.25) is 11.8 Å². The van der Waals surface area contributed by atoms with Crippen molar-refractivity contribution in [1.82, 2.24) is 15.3 Å². The van der Waals surface area contributed by atoms with E-state index in [1.54, 1.807) is 12.4 Å². The van der Waals surface area contributed by atoms with Crippen molar-refractivity contribution in [2.75, 3.05) is 4.90 Å². The van der Waals surface area contributed by atoms with E-state index in [9.17, 15) is 9.59 Å². The molecule has 19 heavy (non-hydrogen) atoms. The van der Waals surface area contributed by atoms with E-state index in [1.165, 1.54) is 11.2 Å². The van der Waals surface area contributed by atoms with Gasteiger partial charge in [0.15, 0.2) is 0 Å². The minimum Gasteiger partial charge on any atom is -0.342 e. The van der Waals surface area contributed by atoms with Gasteiger partial charge in [-0.05, 0) is 12.3 Å². The van der Waals surface area contributed by atoms with Crippen LogP contribution in [0.2, 0.25) is 0 Å². The van der Waals surface area contributed by atoms with Crippen molar-refractivity contribution in [2.45, 2.75) is 39.3 Å². The number of carbonyl (C=O) groups is 2. The van der Waals surface area contributed by atoms with Crippen molar-refractivity contribution in [3.8, 4) is 0 Å². The largest absolute Gasteiger partial charge is 0.342 e. The first-order valence-electron chi connectivity index (χ1n) is 6.44. The predicted octanol–water partition coefficient (Wildman–Crippen LogP) is 0.743. The second-order valence-corrected chi connectivity index (χ2v) is 4.96. The van der Waals surface area contributed by atoms with Crippen LogP contribution in [0, 0.1) is 5.92 Å². The Morgan fingerprint density at radius 3 is 2.47 bits per heavy atom. The van der Waals surface area contributed by atoms with Crippen molar-refractivity contribution in [2.24, 2.45) is 5.92 Å². The van der Waals surface area contributed by atoms with Gasteiger partial charge in [0.25, 0.3) is 0 Å². The smallest absolute Gasteiger partial charge is 0.250 e. The lowest BCUT2D eigenvalue weighted by molar-refractivity contribution is -0.134. The highest BCUT2D eigenvalue weighted by Gasteiger charge is 2.42. The van der Waals surface area contributed by atoms with Gasteiger partial charge in [-0.3, -0.25) is 14.5 Å². The Bertz CT molecular complexity index is 475. The number of amides is 2. The summed E-state index contributed by atoms with van der Waals surface area (Å²) >= 11 is 0. The van der Waals surface area contributed by atoms with Crippen molar-refractivity contribution in [3.05, 3.63) is 18.7 Å². The van der Waals surface area contributed by atoms with Crippen LogP contribution in [0.15, 0.2) is 18.7 Å². The Labute approximate surface area is 112 Å². The number of anilines is 1. The molecule has 1 aliphatic heterocycles. The van der Waals surface area contributed by atoms with Gasteiger partial charge in [0, 0.05) is 0 Å². The van der Waals surface area contributed by atoms with Crippen LogP contribution in [-0.4, -0.2) is 33.9 Å². The van der Waals surface area contributed by atoms with Gasteiger partial charge in [0.1, 0.15) is 18.4 Å². The molecule has 6 heteroatoms. The van der Waals surface area contributed by atoms with Gasteiger partial charge < -0.3 is 5.32 Å². The number of hydrogen-bond donors (Lipinski definition) is 1. The molecule has 1 N–H and O–H groups in total. The molecule has 2 atom stereocenters. The average molecular weight is 262 g/mol. The fourth-order valence-electron chi connectivity index (χ4n) is 2.32. The first-order chi connectivity index (χ1) is 9.06. The summed E-state index contributed by atoms with van der Waals surface area (Å²) < 4.78 is 0. The summed E-state index contributed by atoms with van der Waals surface area (Å²) in [6.07, 6.45) is 5.09. The zero-order chi connectivity index (χ0) is 14.0. The molecule has 102 valence electrons. The highest BCUT2D eigenvalue weighted by atomic mass is 16.2. The van der Waals surface area contributed by atoms with Crippen LogP contribution in [0.25, 0.3) is 0 Å². The number of rotatable bonds is 3. The van der Waals surface area contributed by atoms with Crippen LogP contribution >= 0.6 is 0 Å². The zero-order valence-corrected chi connectivity index (χ0v) is 11.3. The highest BCUT2D eigenvalue weighted by molar-refractivity contribution is 6.08. The fraction of sp³-hybridized carbons (Fsp3) is 0.538. The molecule has 6 nitrogen and oxygen atoms in total. The third-order valence-electron chi connectivity index (χ3n) is 3.26. The topological polar surface area (TPSA) is 75.2 Å². The minimum atomic E-state index is -0.513. The van der Waals surface area contributed by atoms with Gasteiger partial charge in [-0.1, -0.05) is 20.8 Å². The molecule has 0 radical (unpaired) electrons. The van der Waals surface area contributed by atoms with Crippen LogP contribution in [-0.2, 0) is 9.59 Å². The van der Waals surface area contributed by atoms with Gasteiger partial charge in [0.05, 0.1) is 18.1 Å². The summed E-state index contributed by atoms with van der Waals surface area (Å²) in [4.78, 5) is 34.0. The molecule has 1 aromatic heterocycles. The summed E-state index contributed by atoms with van der Waals surface area (Å²) in [6.45, 7) is 5.71. The molecule has 2 rings (SSSR count). The molecule has 0 bridgehead atoms. The van der Waals surface area contributed by atoms with Gasteiger partial charge in [-0.25, -0.2) is 9.97 Å². The normalized spacial score (nSPS) is 23.7. The van der Waals surface area contributed by atoms with Crippen molar-refractivity contribution < 1.29 is 9.59 Å². The van der Waals surface area contributed by atoms with Crippen LogP contribution in [0.4, 0.5) is 5.69 Å². The maximum absolute atomic E-state index is 12.5. The maximum atomic E-state index is 12.5. The third kappa shape index (κ3) is 2.43. The van der Waals surface area contributed by atoms with Gasteiger partial charge in [-0.2, -0.15) is 0 Å². The van der Waals surface area contributed by atoms with E-state index in [1.807, 2.05) is 20.8 Å². The number of hydrogen-bond acceptors (Lipinski definition) is 4. The van der Waals surface area contributed by atoms with E-state index in [-0.39, 0.29) is 17.7 Å². The van der Waals surface area contributed by atoms with Crippen LogP contribution < -0.4 is 10.2 Å². The number of piperazine rings is 1. The van der Waals surface area contributed by atoms with Crippen LogP contribution in [0.1, 0.15) is 27.2 Å². The Kier molecular flexibility index (Phi) is 3.78. The van der Waals surface area contributed by atoms with E-state index in [0.717, 1.165) is 0 Å². The lowest BCUT2D eigenvalue weighted by Crippen LogP contribution is -2.65. The molecule has 2 heterocycles. The fourth-order valence-corrected chi connectivity index (χ4v) is 2.32. The summed E-state index contributed by atoms with van der Waals surface area (Å²) in [6, 6.07) is -0.982. The minimum absolute atomic E-state index is 0.0157. The molecule has 0 saturated carbocycles. The zero-order valence-electron chi connectivity index (χ0n) is 11.3. The Balaban J connectivity index is 2.43. The van der Waals surface area contributed by atoms with E-state index in [2.05, 4.69) is 15.3 Å². The van der Waals surface area contributed by atoms with Crippen molar-refractivity contribution >= 4 is 17.5 Å². The summed E-state index contributed by atoms with van der Waals surface area (Å²) in [5, 5.41) is 2.78. The number of carbonyl (C=O) groups excluding carboxylic acids is 2. The molecule has 2 amide bonds. The third-order valence-corrected chi connectivity index (χ3v) is 3.26. The second kappa shape index (κ2) is 5.34. The van der Waals surface area contributed by atoms with Crippen molar-refractivity contribution in [3.63, 3.8) is 0 Å². The number of nitrogens with one attached hydrogen (secondary N) is 1. The quantitative estimate of drug-likeness (QED) is 0.872. The molecule has 0 aromatic carbocycles. The first-order valence-corrected chi connectivity index (χ1v) is 6.44. The molecule has 0 spiro atoms. The lowest BCUT2D eigenvalue weighted by atomic mass is 9.96. The molecule has 2 unspecified atom stereocenters. The summed E-state index contributed by atoms with van der Waals surface area (Å²) in [7, 11) is 0. The number of aromatic nitrogens is 2. The molecule has 1 aromatic rings. The number of nitrogens with zero attached hydrogens (tertiary/aromatic N) is 3. The summed E-state index contributed by atoms with van der Waals surface area (Å²) in [5.41, 5.74) is 0.569. The van der Waals surface area contributed by atoms with Gasteiger partial charge in [-0.15, -0.1) is 0 Å². The molecule has 1 aliphatic rings. The molecular formula is C13H18N4O2. The Hall–Kier alpha value is -1.98. The highest BCUT2D eigenvalue weighted by Crippen LogP contribution is 2.24. The van der Waals surface area contributed by atoms with Gasteiger partial charge >= 0.3 is 0 Å². The maximum Gasteiger partial charge on any atom is 0.250 e. The molecule has 1 saturated heterocycles. The standard InChI is InChI=1S/C13H18N4O2/c1-4-10-13(19)17(9-5-14-7-15-6-9)11(8(2)3)12(18)16-10/h5-8,10-11H,4H2,1-3H3,(H,16,18). The summed E-state index contributed by atoms with van der Waals surface area (Å²) in [5.74, 6) is -0.206. The van der Waals surface area contributed by atoms with E-state index < -0.39 is 12.1 Å². The predicted molar refractivity (Wildman–Crippen MR) is 70.4 cm³/mol. The van der Waals surface area contributed by atoms with Crippen LogP contribution in [0.3, 0.4) is 0 Å². The monoisotopic (exact) mass is 262 g/mol. The molecule has 1 fully saturated rings.